The maximum absolute atomic E-state index is 11.0. The molecule has 90 valence electrons. The van der Waals surface area contributed by atoms with Gasteiger partial charge in [0.1, 0.15) is 6.07 Å². The van der Waals surface area contributed by atoms with Gasteiger partial charge in [-0.3, -0.25) is 4.79 Å². The Kier molecular flexibility index (Phi) is 4.95. The lowest BCUT2D eigenvalue weighted by Gasteiger charge is -2.23. The number of hydrogen-bond donors (Lipinski definition) is 1. The number of nitrogens with zero attached hydrogens (tertiary/aromatic N) is 3. The summed E-state index contributed by atoms with van der Waals surface area (Å²) in [4.78, 5) is 16.8. The van der Waals surface area contributed by atoms with E-state index in [0.717, 1.165) is 12.8 Å². The van der Waals surface area contributed by atoms with Crippen LogP contribution in [0.15, 0.2) is 18.3 Å². The van der Waals surface area contributed by atoms with Crippen LogP contribution in [0.5, 0.6) is 0 Å². The first kappa shape index (κ1) is 13.0. The number of nitrogens with two attached hydrogens (primary N) is 1. The smallest absolute Gasteiger partial charge is 0.236 e. The molecule has 0 unspecified atom stereocenters. The number of carbonyl (C=O) groups is 1. The predicted octanol–water partition coefficient (Wildman–Crippen LogP) is 1.05. The van der Waals surface area contributed by atoms with Crippen molar-refractivity contribution >= 4 is 11.6 Å². The first-order valence-electron chi connectivity index (χ1n) is 5.57. The molecule has 0 radical (unpaired) electrons. The Bertz CT molecular complexity index is 425. The number of rotatable bonds is 6. The number of aromatic nitrogens is 1. The fourth-order valence-corrected chi connectivity index (χ4v) is 1.56. The molecule has 0 aromatic carbocycles. The zero-order valence-electron chi connectivity index (χ0n) is 9.89. The van der Waals surface area contributed by atoms with Gasteiger partial charge in [-0.2, -0.15) is 5.26 Å². The van der Waals surface area contributed by atoms with E-state index in [-0.39, 0.29) is 6.54 Å². The Balaban J connectivity index is 2.95. The molecule has 2 N–H and O–H groups in total. The largest absolute Gasteiger partial charge is 0.368 e. The van der Waals surface area contributed by atoms with Crippen molar-refractivity contribution in [2.24, 2.45) is 5.73 Å². The first-order chi connectivity index (χ1) is 8.19. The van der Waals surface area contributed by atoms with Crippen LogP contribution < -0.4 is 10.6 Å². The van der Waals surface area contributed by atoms with E-state index in [1.807, 2.05) is 6.07 Å². The summed E-state index contributed by atoms with van der Waals surface area (Å²) in [6.45, 7) is 2.87. The monoisotopic (exact) mass is 232 g/mol. The van der Waals surface area contributed by atoms with E-state index in [4.69, 9.17) is 11.0 Å². The van der Waals surface area contributed by atoms with Crippen LogP contribution in [-0.2, 0) is 4.79 Å². The van der Waals surface area contributed by atoms with E-state index in [1.165, 1.54) is 0 Å². The zero-order valence-corrected chi connectivity index (χ0v) is 9.89. The quantitative estimate of drug-likeness (QED) is 0.794. The van der Waals surface area contributed by atoms with Gasteiger partial charge in [-0.05, 0) is 18.6 Å². The molecule has 0 saturated heterocycles. The van der Waals surface area contributed by atoms with Gasteiger partial charge in [0.25, 0.3) is 0 Å². The highest BCUT2D eigenvalue weighted by Crippen LogP contribution is 2.17. The molecule has 0 saturated carbocycles. The predicted molar refractivity (Wildman–Crippen MR) is 65.3 cm³/mol. The number of unbranched alkanes of at least 4 members (excludes halogenated alkanes) is 1. The topological polar surface area (TPSA) is 83.0 Å². The SMILES string of the molecule is CCCCN(CC(N)=O)c1cccnc1C#N. The summed E-state index contributed by atoms with van der Waals surface area (Å²) in [5.74, 6) is -0.408. The van der Waals surface area contributed by atoms with E-state index in [1.54, 1.807) is 23.2 Å². The third-order valence-electron chi connectivity index (χ3n) is 2.36. The van der Waals surface area contributed by atoms with Gasteiger partial charge in [0, 0.05) is 12.7 Å². The number of hydrogen-bond acceptors (Lipinski definition) is 4. The number of primary amides is 1. The van der Waals surface area contributed by atoms with Gasteiger partial charge in [-0.1, -0.05) is 13.3 Å². The lowest BCUT2D eigenvalue weighted by atomic mass is 10.2. The Morgan fingerprint density at radius 3 is 3.00 bits per heavy atom. The maximum Gasteiger partial charge on any atom is 0.236 e. The molecule has 0 atom stereocenters. The van der Waals surface area contributed by atoms with Crippen molar-refractivity contribution in [3.63, 3.8) is 0 Å². The number of pyridine rings is 1. The summed E-state index contributed by atoms with van der Waals surface area (Å²) in [7, 11) is 0. The Hall–Kier alpha value is -2.09. The normalized spacial score (nSPS) is 9.65. The van der Waals surface area contributed by atoms with Crippen LogP contribution in [-0.4, -0.2) is 24.0 Å². The van der Waals surface area contributed by atoms with E-state index in [2.05, 4.69) is 11.9 Å². The van der Waals surface area contributed by atoms with Gasteiger partial charge >= 0.3 is 0 Å². The van der Waals surface area contributed by atoms with Gasteiger partial charge in [0.05, 0.1) is 12.2 Å². The van der Waals surface area contributed by atoms with Gasteiger partial charge in [-0.15, -0.1) is 0 Å². The fraction of sp³-hybridized carbons (Fsp3) is 0.417. The highest BCUT2D eigenvalue weighted by atomic mass is 16.1. The molecule has 0 fully saturated rings. The van der Waals surface area contributed by atoms with E-state index in [9.17, 15) is 4.79 Å². The summed E-state index contributed by atoms with van der Waals surface area (Å²) in [5.41, 5.74) is 6.20. The molecular formula is C12H16N4O. The maximum atomic E-state index is 11.0. The lowest BCUT2D eigenvalue weighted by Crippen LogP contribution is -2.35. The van der Waals surface area contributed by atoms with Gasteiger partial charge < -0.3 is 10.6 Å². The molecule has 1 heterocycles. The van der Waals surface area contributed by atoms with Crippen molar-refractivity contribution in [2.45, 2.75) is 19.8 Å². The Labute approximate surface area is 101 Å². The zero-order chi connectivity index (χ0) is 12.7. The lowest BCUT2D eigenvalue weighted by molar-refractivity contribution is -0.116. The summed E-state index contributed by atoms with van der Waals surface area (Å²) in [6.07, 6.45) is 3.51. The minimum absolute atomic E-state index is 0.111. The number of nitriles is 1. The molecule has 5 nitrogen and oxygen atoms in total. The summed E-state index contributed by atoms with van der Waals surface area (Å²) >= 11 is 0. The number of anilines is 1. The van der Waals surface area contributed by atoms with E-state index < -0.39 is 5.91 Å². The van der Waals surface area contributed by atoms with Crippen LogP contribution in [0.2, 0.25) is 0 Å². The van der Waals surface area contributed by atoms with Crippen molar-refractivity contribution in [1.82, 2.24) is 4.98 Å². The molecule has 1 rings (SSSR count). The molecule has 1 aromatic heterocycles. The van der Waals surface area contributed by atoms with E-state index in [0.29, 0.717) is 17.9 Å². The third kappa shape index (κ3) is 3.76. The minimum atomic E-state index is -0.408. The van der Waals surface area contributed by atoms with Gasteiger partial charge in [0.2, 0.25) is 5.91 Å². The second-order valence-corrected chi connectivity index (χ2v) is 3.72. The standard InChI is InChI=1S/C12H16N4O/c1-2-3-7-16(9-12(14)17)11-5-4-6-15-10(11)8-13/h4-6H,2-3,7,9H2,1H3,(H2,14,17). The molecule has 0 spiro atoms. The van der Waals surface area contributed by atoms with Crippen molar-refractivity contribution in [3.05, 3.63) is 24.0 Å². The molecule has 0 aliphatic carbocycles. The third-order valence-corrected chi connectivity index (χ3v) is 2.36. The Morgan fingerprint density at radius 1 is 1.65 bits per heavy atom. The van der Waals surface area contributed by atoms with Gasteiger partial charge in [-0.25, -0.2) is 4.98 Å². The molecule has 0 aliphatic heterocycles. The second kappa shape index (κ2) is 6.48. The fourth-order valence-electron chi connectivity index (χ4n) is 1.56. The summed E-state index contributed by atoms with van der Waals surface area (Å²) in [5, 5.41) is 8.97. The second-order valence-electron chi connectivity index (χ2n) is 3.72. The molecule has 1 amide bonds. The number of carbonyl (C=O) groups excluding carboxylic acids is 1. The van der Waals surface area contributed by atoms with Crippen molar-refractivity contribution in [3.8, 4) is 6.07 Å². The molecule has 0 bridgehead atoms. The average Bonchev–Trinajstić information content (AvgIpc) is 2.34. The van der Waals surface area contributed by atoms with E-state index >= 15 is 0 Å². The van der Waals surface area contributed by atoms with Gasteiger partial charge in [0.15, 0.2) is 5.69 Å². The molecule has 1 aromatic rings. The van der Waals surface area contributed by atoms with Crippen LogP contribution in [0, 0.1) is 11.3 Å². The Morgan fingerprint density at radius 2 is 2.41 bits per heavy atom. The molecule has 17 heavy (non-hydrogen) atoms. The summed E-state index contributed by atoms with van der Waals surface area (Å²) < 4.78 is 0. The van der Waals surface area contributed by atoms with Crippen LogP contribution in [0.25, 0.3) is 0 Å². The molecule has 0 aliphatic rings. The molecule has 5 heteroatoms. The van der Waals surface area contributed by atoms with Crippen molar-refractivity contribution in [2.75, 3.05) is 18.0 Å². The number of amides is 1. The van der Waals surface area contributed by atoms with Crippen LogP contribution in [0.3, 0.4) is 0 Å². The van der Waals surface area contributed by atoms with Crippen LogP contribution >= 0.6 is 0 Å². The van der Waals surface area contributed by atoms with Crippen LogP contribution in [0.1, 0.15) is 25.5 Å². The highest BCUT2D eigenvalue weighted by Gasteiger charge is 2.13. The molecular weight excluding hydrogens is 216 g/mol. The van der Waals surface area contributed by atoms with Crippen molar-refractivity contribution < 1.29 is 4.79 Å². The highest BCUT2D eigenvalue weighted by molar-refractivity contribution is 5.80. The minimum Gasteiger partial charge on any atom is -0.368 e. The summed E-state index contributed by atoms with van der Waals surface area (Å²) in [6, 6.07) is 5.55. The first-order valence-corrected chi connectivity index (χ1v) is 5.57. The van der Waals surface area contributed by atoms with Crippen molar-refractivity contribution in [1.29, 1.82) is 5.26 Å². The average molecular weight is 232 g/mol. The van der Waals surface area contributed by atoms with Crippen LogP contribution in [0.4, 0.5) is 5.69 Å².